The Kier molecular flexibility index (Phi) is 4.94. The van der Waals surface area contributed by atoms with Crippen LogP contribution in [0.2, 0.25) is 0 Å². The molecule has 5 rings (SSSR count). The molecule has 6 nitrogen and oxygen atoms in total. The Labute approximate surface area is 183 Å². The summed E-state index contributed by atoms with van der Waals surface area (Å²) in [5.41, 5.74) is 4.14. The van der Waals surface area contributed by atoms with Gasteiger partial charge in [-0.1, -0.05) is 18.2 Å². The molecule has 2 aromatic rings. The summed E-state index contributed by atoms with van der Waals surface area (Å²) in [4.78, 5) is 15.1. The quantitative estimate of drug-likeness (QED) is 0.769. The summed E-state index contributed by atoms with van der Waals surface area (Å²) in [7, 11) is 6.12. The normalized spacial score (nSPS) is 28.6. The predicted octanol–water partition coefficient (Wildman–Crippen LogP) is 3.22. The number of aryl methyl sites for hydroxylation is 1. The van der Waals surface area contributed by atoms with Gasteiger partial charge in [0.05, 0.1) is 5.57 Å². The number of fused-ring (bicyclic) bond motifs is 2. The van der Waals surface area contributed by atoms with Gasteiger partial charge in [-0.05, 0) is 50.2 Å². The van der Waals surface area contributed by atoms with Crippen molar-refractivity contribution in [1.82, 2.24) is 14.8 Å². The maximum atomic E-state index is 12.7. The van der Waals surface area contributed by atoms with Crippen molar-refractivity contribution in [3.8, 4) is 0 Å². The molecule has 3 heterocycles. The van der Waals surface area contributed by atoms with E-state index < -0.39 is 5.60 Å². The number of likely N-dealkylation sites (tertiary alicyclic amines) is 1. The summed E-state index contributed by atoms with van der Waals surface area (Å²) in [6, 6.07) is 6.79. The van der Waals surface area contributed by atoms with Gasteiger partial charge in [-0.15, -0.1) is 0 Å². The Hall–Kier alpha value is -2.57. The number of rotatable bonds is 4. The fourth-order valence-electron chi connectivity index (χ4n) is 5.90. The SMILES string of the molecule is CO[C@]12C[C@@H](C(C)OC(=O)C3=CNC=CC3)CN(C)[C@@H]1Cc1cn(C)c3cccc2c13. The maximum Gasteiger partial charge on any atom is 0.336 e. The van der Waals surface area contributed by atoms with E-state index in [-0.39, 0.29) is 24.0 Å². The van der Waals surface area contributed by atoms with E-state index in [0.29, 0.717) is 12.0 Å². The van der Waals surface area contributed by atoms with Crippen molar-refractivity contribution in [2.24, 2.45) is 13.0 Å². The molecular weight excluding hydrogens is 390 g/mol. The molecule has 0 bridgehead atoms. The number of hydrogen-bond donors (Lipinski definition) is 1. The molecule has 0 amide bonds. The molecule has 1 saturated heterocycles. The highest BCUT2D eigenvalue weighted by atomic mass is 16.5. The van der Waals surface area contributed by atoms with Gasteiger partial charge < -0.3 is 19.4 Å². The average Bonchev–Trinajstić information content (AvgIpc) is 3.11. The van der Waals surface area contributed by atoms with E-state index in [4.69, 9.17) is 9.47 Å². The standard InChI is InChI=1S/C25H31N3O3/c1-16(31-24(29)17-7-6-10-26-13-17)19-12-25(30-4)20-8-5-9-21-23(20)18(14-27(21)2)11-22(25)28(3)15-19/h5-6,8-10,13-14,16,19,22,26H,7,11-12,15H2,1-4H3/t16?,19-,22-,25+/m1/s1. The molecule has 164 valence electrons. The van der Waals surface area contributed by atoms with Gasteiger partial charge in [-0.2, -0.15) is 0 Å². The number of nitrogens with one attached hydrogen (secondary N) is 1. The summed E-state index contributed by atoms with van der Waals surface area (Å²) in [5.74, 6) is -0.0601. The molecule has 1 unspecified atom stereocenters. The van der Waals surface area contributed by atoms with Gasteiger partial charge in [0.25, 0.3) is 0 Å². The first-order chi connectivity index (χ1) is 14.9. The van der Waals surface area contributed by atoms with Crippen LogP contribution in [0, 0.1) is 5.92 Å². The van der Waals surface area contributed by atoms with Crippen LogP contribution in [-0.2, 0) is 33.3 Å². The first kappa shape index (κ1) is 20.3. The van der Waals surface area contributed by atoms with E-state index in [2.05, 4.69) is 53.3 Å². The van der Waals surface area contributed by atoms with Gasteiger partial charge in [-0.3, -0.25) is 4.90 Å². The number of allylic oxidation sites excluding steroid dienone is 1. The summed E-state index contributed by atoms with van der Waals surface area (Å²) < 4.78 is 14.5. The molecule has 0 radical (unpaired) electrons. The number of carbonyl (C=O) groups excluding carboxylic acids is 1. The number of benzene rings is 1. The number of carbonyl (C=O) groups is 1. The second-order valence-corrected chi connectivity index (χ2v) is 9.24. The highest BCUT2D eigenvalue weighted by molar-refractivity contribution is 5.90. The molecule has 0 saturated carbocycles. The fourth-order valence-corrected chi connectivity index (χ4v) is 5.90. The number of dihydropyridines is 1. The number of ether oxygens (including phenoxy) is 2. The second kappa shape index (κ2) is 7.53. The van der Waals surface area contributed by atoms with Crippen LogP contribution in [-0.4, -0.2) is 48.3 Å². The monoisotopic (exact) mass is 421 g/mol. The number of piperidine rings is 1. The van der Waals surface area contributed by atoms with Crippen molar-refractivity contribution in [3.63, 3.8) is 0 Å². The lowest BCUT2D eigenvalue weighted by atomic mass is 9.68. The Morgan fingerprint density at radius 2 is 2.16 bits per heavy atom. The smallest absolute Gasteiger partial charge is 0.336 e. The maximum absolute atomic E-state index is 12.7. The van der Waals surface area contributed by atoms with E-state index in [1.54, 1.807) is 6.20 Å². The first-order valence-corrected chi connectivity index (χ1v) is 11.1. The number of nitrogens with zero attached hydrogens (tertiary/aromatic N) is 2. The molecule has 1 aromatic carbocycles. The van der Waals surface area contributed by atoms with Crippen molar-refractivity contribution >= 4 is 16.9 Å². The molecular formula is C25H31N3O3. The van der Waals surface area contributed by atoms with Crippen molar-refractivity contribution in [2.45, 2.75) is 43.9 Å². The lowest BCUT2D eigenvalue weighted by Gasteiger charge is -2.53. The number of methoxy groups -OCH3 is 1. The molecule has 1 aromatic heterocycles. The third-order valence-electron chi connectivity index (χ3n) is 7.51. The van der Waals surface area contributed by atoms with Crippen LogP contribution in [0.15, 0.2) is 48.4 Å². The minimum Gasteiger partial charge on any atom is -0.459 e. The van der Waals surface area contributed by atoms with Crippen LogP contribution in [0.1, 0.15) is 30.9 Å². The van der Waals surface area contributed by atoms with Gasteiger partial charge in [-0.25, -0.2) is 4.79 Å². The van der Waals surface area contributed by atoms with E-state index in [9.17, 15) is 4.79 Å². The van der Waals surface area contributed by atoms with Crippen LogP contribution in [0.4, 0.5) is 0 Å². The number of esters is 1. The number of hydrogen-bond acceptors (Lipinski definition) is 5. The lowest BCUT2D eigenvalue weighted by molar-refractivity contribution is -0.161. The van der Waals surface area contributed by atoms with Crippen LogP contribution < -0.4 is 5.32 Å². The molecule has 1 N–H and O–H groups in total. The van der Waals surface area contributed by atoms with Crippen molar-refractivity contribution in [1.29, 1.82) is 0 Å². The molecule has 4 atom stereocenters. The Morgan fingerprint density at radius 1 is 1.32 bits per heavy atom. The zero-order valence-corrected chi connectivity index (χ0v) is 18.7. The summed E-state index contributed by atoms with van der Waals surface area (Å²) >= 11 is 0. The highest BCUT2D eigenvalue weighted by Gasteiger charge is 2.52. The first-order valence-electron chi connectivity index (χ1n) is 11.1. The third kappa shape index (κ3) is 3.12. The second-order valence-electron chi connectivity index (χ2n) is 9.24. The van der Waals surface area contributed by atoms with Crippen LogP contribution in [0.5, 0.6) is 0 Å². The van der Waals surface area contributed by atoms with E-state index in [0.717, 1.165) is 19.4 Å². The predicted molar refractivity (Wildman–Crippen MR) is 120 cm³/mol. The fraction of sp³-hybridized carbons (Fsp3) is 0.480. The zero-order chi connectivity index (χ0) is 21.8. The van der Waals surface area contributed by atoms with Crippen molar-refractivity contribution in [2.75, 3.05) is 20.7 Å². The van der Waals surface area contributed by atoms with E-state index in [1.165, 1.54) is 22.0 Å². The Balaban J connectivity index is 1.47. The Bertz CT molecular complexity index is 1090. The molecule has 3 aliphatic rings. The van der Waals surface area contributed by atoms with Gasteiger partial charge in [0, 0.05) is 62.4 Å². The molecule has 2 aliphatic heterocycles. The van der Waals surface area contributed by atoms with Gasteiger partial charge in [0.2, 0.25) is 0 Å². The molecule has 0 spiro atoms. The third-order valence-corrected chi connectivity index (χ3v) is 7.51. The molecule has 1 fully saturated rings. The average molecular weight is 422 g/mol. The lowest BCUT2D eigenvalue weighted by Crippen LogP contribution is -2.60. The summed E-state index contributed by atoms with van der Waals surface area (Å²) in [6.45, 7) is 2.89. The van der Waals surface area contributed by atoms with E-state index >= 15 is 0 Å². The van der Waals surface area contributed by atoms with Gasteiger partial charge in [0.15, 0.2) is 0 Å². The number of aromatic nitrogens is 1. The highest BCUT2D eigenvalue weighted by Crippen LogP contribution is 2.50. The van der Waals surface area contributed by atoms with E-state index in [1.807, 2.05) is 26.3 Å². The minimum absolute atomic E-state index is 0.179. The minimum atomic E-state index is -0.416. The molecule has 6 heteroatoms. The van der Waals surface area contributed by atoms with Crippen LogP contribution in [0.3, 0.4) is 0 Å². The number of likely N-dealkylation sites (N-methyl/N-ethyl adjacent to an activating group) is 1. The molecule has 31 heavy (non-hydrogen) atoms. The topological polar surface area (TPSA) is 55.7 Å². The van der Waals surface area contributed by atoms with Crippen LogP contribution in [0.25, 0.3) is 10.9 Å². The van der Waals surface area contributed by atoms with Crippen molar-refractivity contribution in [3.05, 3.63) is 59.6 Å². The Morgan fingerprint density at radius 3 is 2.90 bits per heavy atom. The summed E-state index contributed by atoms with van der Waals surface area (Å²) in [6.07, 6.45) is 9.95. The van der Waals surface area contributed by atoms with Gasteiger partial charge >= 0.3 is 5.97 Å². The van der Waals surface area contributed by atoms with Crippen LogP contribution >= 0.6 is 0 Å². The zero-order valence-electron chi connectivity index (χ0n) is 18.7. The van der Waals surface area contributed by atoms with Crippen molar-refractivity contribution < 1.29 is 14.3 Å². The molecule has 1 aliphatic carbocycles. The largest absolute Gasteiger partial charge is 0.459 e. The van der Waals surface area contributed by atoms with Gasteiger partial charge in [0.1, 0.15) is 11.7 Å². The summed E-state index contributed by atoms with van der Waals surface area (Å²) in [5, 5.41) is 4.30.